The van der Waals surface area contributed by atoms with Gasteiger partial charge in [-0.15, -0.1) is 11.3 Å². The summed E-state index contributed by atoms with van der Waals surface area (Å²) in [7, 11) is 0. The predicted octanol–water partition coefficient (Wildman–Crippen LogP) is 3.40. The molecule has 2 N–H and O–H groups in total. The van der Waals surface area contributed by atoms with Crippen LogP contribution in [0.15, 0.2) is 22.7 Å². The molecule has 0 unspecified atom stereocenters. The average molecular weight is 283 g/mol. The van der Waals surface area contributed by atoms with Crippen molar-refractivity contribution in [1.82, 2.24) is 4.98 Å². The van der Waals surface area contributed by atoms with Crippen LogP contribution in [0.3, 0.4) is 0 Å². The highest BCUT2D eigenvalue weighted by atomic mass is 79.9. The molecule has 4 heteroatoms. The van der Waals surface area contributed by atoms with Crippen LogP contribution < -0.4 is 5.73 Å². The maximum absolute atomic E-state index is 6.26. The fourth-order valence-corrected chi connectivity index (χ4v) is 3.34. The number of halogens is 1. The minimum absolute atomic E-state index is 0.129. The normalized spacial score (nSPS) is 19.1. The first-order valence-electron chi connectivity index (χ1n) is 5.03. The van der Waals surface area contributed by atoms with Crippen LogP contribution in [0, 0.1) is 0 Å². The van der Waals surface area contributed by atoms with Crippen molar-refractivity contribution in [2.45, 2.75) is 24.8 Å². The molecule has 78 valence electrons. The fourth-order valence-electron chi connectivity index (χ4n) is 1.89. The summed E-state index contributed by atoms with van der Waals surface area (Å²) >= 11 is 5.19. The Morgan fingerprint density at radius 2 is 2.20 bits per heavy atom. The van der Waals surface area contributed by atoms with Gasteiger partial charge in [0.1, 0.15) is 5.01 Å². The number of hydrogen-bond acceptors (Lipinski definition) is 3. The standard InChI is InChI=1S/C11H11BrN2S/c12-7-2-3-9-8(6-7)14-10(15-9)11(13)4-1-5-11/h2-3,6H,1,4-5,13H2. The molecule has 0 spiro atoms. The van der Waals surface area contributed by atoms with Crippen molar-refractivity contribution < 1.29 is 0 Å². The minimum atomic E-state index is -0.129. The summed E-state index contributed by atoms with van der Waals surface area (Å²) in [5.74, 6) is 0. The molecule has 1 fully saturated rings. The van der Waals surface area contributed by atoms with Crippen molar-refractivity contribution in [3.63, 3.8) is 0 Å². The fraction of sp³-hybridized carbons (Fsp3) is 0.364. The van der Waals surface area contributed by atoms with Crippen molar-refractivity contribution in [1.29, 1.82) is 0 Å². The maximum Gasteiger partial charge on any atom is 0.114 e. The van der Waals surface area contributed by atoms with Gasteiger partial charge in [0, 0.05) is 4.47 Å². The largest absolute Gasteiger partial charge is 0.319 e. The summed E-state index contributed by atoms with van der Waals surface area (Å²) in [6, 6.07) is 6.20. The molecule has 2 nitrogen and oxygen atoms in total. The Bertz CT molecular complexity index is 516. The van der Waals surface area contributed by atoms with E-state index in [0.29, 0.717) is 0 Å². The van der Waals surface area contributed by atoms with Crippen LogP contribution in [-0.4, -0.2) is 4.98 Å². The van der Waals surface area contributed by atoms with Crippen LogP contribution in [0.1, 0.15) is 24.3 Å². The van der Waals surface area contributed by atoms with E-state index in [1.807, 2.05) is 6.07 Å². The second-order valence-electron chi connectivity index (χ2n) is 4.14. The summed E-state index contributed by atoms with van der Waals surface area (Å²) in [5.41, 5.74) is 7.19. The Morgan fingerprint density at radius 3 is 2.87 bits per heavy atom. The molecular formula is C11H11BrN2S. The number of nitrogens with two attached hydrogens (primary N) is 1. The SMILES string of the molecule is NC1(c2nc3cc(Br)ccc3s2)CCC1. The monoisotopic (exact) mass is 282 g/mol. The Kier molecular flexibility index (Phi) is 2.13. The molecular weight excluding hydrogens is 272 g/mol. The summed E-state index contributed by atoms with van der Waals surface area (Å²) in [5, 5.41) is 1.10. The first kappa shape index (κ1) is 9.75. The molecule has 3 rings (SSSR count). The molecule has 1 aliphatic carbocycles. The predicted molar refractivity (Wildman–Crippen MR) is 67.0 cm³/mol. The highest BCUT2D eigenvalue weighted by Crippen LogP contribution is 2.41. The summed E-state index contributed by atoms with van der Waals surface area (Å²) in [6.45, 7) is 0. The van der Waals surface area contributed by atoms with Gasteiger partial charge < -0.3 is 5.73 Å². The van der Waals surface area contributed by atoms with Crippen LogP contribution in [-0.2, 0) is 5.54 Å². The third-order valence-electron chi connectivity index (χ3n) is 3.02. The van der Waals surface area contributed by atoms with E-state index in [-0.39, 0.29) is 5.54 Å². The molecule has 1 aromatic heterocycles. The number of nitrogens with zero attached hydrogens (tertiary/aromatic N) is 1. The van der Waals surface area contributed by atoms with E-state index in [2.05, 4.69) is 33.0 Å². The van der Waals surface area contributed by atoms with E-state index < -0.39 is 0 Å². The Morgan fingerprint density at radius 1 is 1.40 bits per heavy atom. The van der Waals surface area contributed by atoms with Gasteiger partial charge in [0.15, 0.2) is 0 Å². The average Bonchev–Trinajstić information content (AvgIpc) is 2.57. The minimum Gasteiger partial charge on any atom is -0.319 e. The lowest BCUT2D eigenvalue weighted by molar-refractivity contribution is 0.253. The lowest BCUT2D eigenvalue weighted by Gasteiger charge is -2.35. The van der Waals surface area contributed by atoms with Crippen LogP contribution in [0.4, 0.5) is 0 Å². The molecule has 0 radical (unpaired) electrons. The van der Waals surface area contributed by atoms with Gasteiger partial charge in [-0.1, -0.05) is 15.9 Å². The zero-order chi connectivity index (χ0) is 10.5. The van der Waals surface area contributed by atoms with E-state index in [4.69, 9.17) is 5.73 Å². The molecule has 0 atom stereocenters. The summed E-state index contributed by atoms with van der Waals surface area (Å²) in [6.07, 6.45) is 3.39. The molecule has 1 saturated carbocycles. The number of benzene rings is 1. The number of hydrogen-bond donors (Lipinski definition) is 1. The highest BCUT2D eigenvalue weighted by molar-refractivity contribution is 9.10. The van der Waals surface area contributed by atoms with Gasteiger partial charge in [-0.25, -0.2) is 4.98 Å². The third-order valence-corrected chi connectivity index (χ3v) is 4.77. The zero-order valence-corrected chi connectivity index (χ0v) is 10.6. The van der Waals surface area contributed by atoms with Crippen molar-refractivity contribution in [2.75, 3.05) is 0 Å². The van der Waals surface area contributed by atoms with E-state index in [1.54, 1.807) is 11.3 Å². The molecule has 1 aromatic carbocycles. The topological polar surface area (TPSA) is 38.9 Å². The lowest BCUT2D eigenvalue weighted by Crippen LogP contribution is -2.43. The van der Waals surface area contributed by atoms with Gasteiger partial charge in [-0.3, -0.25) is 0 Å². The van der Waals surface area contributed by atoms with Gasteiger partial charge in [-0.05, 0) is 37.5 Å². The van der Waals surface area contributed by atoms with Crippen molar-refractivity contribution in [3.05, 3.63) is 27.7 Å². The number of aromatic nitrogens is 1. The molecule has 0 aliphatic heterocycles. The number of rotatable bonds is 1. The smallest absolute Gasteiger partial charge is 0.114 e. The molecule has 0 bridgehead atoms. The van der Waals surface area contributed by atoms with E-state index in [9.17, 15) is 0 Å². The van der Waals surface area contributed by atoms with Crippen molar-refractivity contribution in [3.8, 4) is 0 Å². The Hall–Kier alpha value is -0.450. The molecule has 0 saturated heterocycles. The second kappa shape index (κ2) is 3.27. The van der Waals surface area contributed by atoms with Crippen molar-refractivity contribution in [2.24, 2.45) is 5.73 Å². The van der Waals surface area contributed by atoms with Crippen LogP contribution in [0.2, 0.25) is 0 Å². The van der Waals surface area contributed by atoms with Gasteiger partial charge in [0.05, 0.1) is 15.8 Å². The quantitative estimate of drug-likeness (QED) is 0.871. The lowest BCUT2D eigenvalue weighted by atomic mass is 9.78. The summed E-state index contributed by atoms with van der Waals surface area (Å²) in [4.78, 5) is 4.63. The van der Waals surface area contributed by atoms with Gasteiger partial charge in [-0.2, -0.15) is 0 Å². The highest BCUT2D eigenvalue weighted by Gasteiger charge is 2.37. The van der Waals surface area contributed by atoms with Gasteiger partial charge in [0.25, 0.3) is 0 Å². The van der Waals surface area contributed by atoms with Gasteiger partial charge >= 0.3 is 0 Å². The van der Waals surface area contributed by atoms with Crippen LogP contribution in [0.5, 0.6) is 0 Å². The van der Waals surface area contributed by atoms with E-state index in [0.717, 1.165) is 27.8 Å². The van der Waals surface area contributed by atoms with Gasteiger partial charge in [0.2, 0.25) is 0 Å². The number of fused-ring (bicyclic) bond motifs is 1. The Balaban J connectivity index is 2.14. The third kappa shape index (κ3) is 1.51. The molecule has 1 aliphatic rings. The summed E-state index contributed by atoms with van der Waals surface area (Å²) < 4.78 is 2.30. The first-order chi connectivity index (χ1) is 7.17. The van der Waals surface area contributed by atoms with E-state index in [1.165, 1.54) is 11.1 Å². The zero-order valence-electron chi connectivity index (χ0n) is 8.16. The molecule has 2 aromatic rings. The molecule has 1 heterocycles. The van der Waals surface area contributed by atoms with Crippen LogP contribution >= 0.6 is 27.3 Å². The van der Waals surface area contributed by atoms with E-state index >= 15 is 0 Å². The van der Waals surface area contributed by atoms with Crippen LogP contribution in [0.25, 0.3) is 10.2 Å². The number of thiazole rings is 1. The molecule has 15 heavy (non-hydrogen) atoms. The second-order valence-corrected chi connectivity index (χ2v) is 6.09. The molecule has 0 amide bonds. The first-order valence-corrected chi connectivity index (χ1v) is 6.64. The van der Waals surface area contributed by atoms with Crippen molar-refractivity contribution >= 4 is 37.5 Å². The Labute approximate surface area is 101 Å². The maximum atomic E-state index is 6.26.